The summed E-state index contributed by atoms with van der Waals surface area (Å²) in [5, 5.41) is 13.1. The van der Waals surface area contributed by atoms with Crippen molar-refractivity contribution in [3.8, 4) is 0 Å². The second-order valence-electron chi connectivity index (χ2n) is 3.31. The van der Waals surface area contributed by atoms with E-state index in [1.54, 1.807) is 12.1 Å². The van der Waals surface area contributed by atoms with Crippen LogP contribution in [-0.2, 0) is 4.79 Å². The maximum absolute atomic E-state index is 11.5. The molecule has 0 aliphatic carbocycles. The Bertz CT molecular complexity index is 390. The minimum Gasteiger partial charge on any atom is -0.370 e. The van der Waals surface area contributed by atoms with Crippen molar-refractivity contribution in [2.45, 2.75) is 13.3 Å². The predicted molar refractivity (Wildman–Crippen MR) is 62.3 cm³/mol. The highest BCUT2D eigenvalue weighted by molar-refractivity contribution is 5.92. The van der Waals surface area contributed by atoms with Gasteiger partial charge in [-0.2, -0.15) is 0 Å². The second kappa shape index (κ2) is 6.41. The molecule has 0 bridgehead atoms. The van der Waals surface area contributed by atoms with Crippen molar-refractivity contribution in [3.05, 3.63) is 17.8 Å². The summed E-state index contributed by atoms with van der Waals surface area (Å²) in [6.07, 6.45) is 0.106. The van der Waals surface area contributed by atoms with Crippen molar-refractivity contribution >= 4 is 17.6 Å². The highest BCUT2D eigenvalue weighted by Gasteiger charge is 2.07. The molecular formula is C10H15N5O2. The van der Waals surface area contributed by atoms with E-state index in [1.165, 1.54) is 0 Å². The lowest BCUT2D eigenvalue weighted by atomic mass is 10.3. The Kier molecular flexibility index (Phi) is 4.86. The molecule has 1 rings (SSSR count). The van der Waals surface area contributed by atoms with Gasteiger partial charge in [-0.3, -0.25) is 9.59 Å². The number of aromatic nitrogens is 2. The summed E-state index contributed by atoms with van der Waals surface area (Å²) in [4.78, 5) is 22.0. The van der Waals surface area contributed by atoms with Gasteiger partial charge in [0.25, 0.3) is 5.91 Å². The van der Waals surface area contributed by atoms with Crippen LogP contribution in [0.2, 0.25) is 0 Å². The van der Waals surface area contributed by atoms with Crippen molar-refractivity contribution in [1.82, 2.24) is 15.5 Å². The number of rotatable bonds is 6. The van der Waals surface area contributed by atoms with Gasteiger partial charge in [0.05, 0.1) is 0 Å². The molecule has 0 fully saturated rings. The number of anilines is 1. The Labute approximate surface area is 98.8 Å². The number of nitrogens with zero attached hydrogens (tertiary/aromatic N) is 2. The van der Waals surface area contributed by atoms with E-state index in [0.717, 1.165) is 6.54 Å². The number of nitrogens with one attached hydrogen (secondary N) is 2. The first kappa shape index (κ1) is 12.9. The van der Waals surface area contributed by atoms with Gasteiger partial charge in [0.1, 0.15) is 5.82 Å². The van der Waals surface area contributed by atoms with Crippen LogP contribution in [-0.4, -0.2) is 35.1 Å². The first-order valence-electron chi connectivity index (χ1n) is 5.27. The third-order valence-corrected chi connectivity index (χ3v) is 1.91. The number of amides is 2. The van der Waals surface area contributed by atoms with Gasteiger partial charge in [-0.25, -0.2) is 0 Å². The molecule has 0 saturated carbocycles. The van der Waals surface area contributed by atoms with Crippen molar-refractivity contribution in [3.63, 3.8) is 0 Å². The van der Waals surface area contributed by atoms with Gasteiger partial charge in [0.15, 0.2) is 5.69 Å². The fraction of sp³-hybridized carbons (Fsp3) is 0.400. The molecule has 0 unspecified atom stereocenters. The Morgan fingerprint density at radius 3 is 2.65 bits per heavy atom. The molecule has 2 amide bonds. The van der Waals surface area contributed by atoms with Crippen molar-refractivity contribution in [1.29, 1.82) is 0 Å². The van der Waals surface area contributed by atoms with Crippen LogP contribution in [0.4, 0.5) is 5.82 Å². The molecule has 0 spiro atoms. The topological polar surface area (TPSA) is 110 Å². The zero-order chi connectivity index (χ0) is 12.7. The summed E-state index contributed by atoms with van der Waals surface area (Å²) in [5.41, 5.74) is 5.15. The van der Waals surface area contributed by atoms with Crippen molar-refractivity contribution in [2.75, 3.05) is 18.4 Å². The molecule has 0 radical (unpaired) electrons. The molecule has 1 aromatic heterocycles. The molecule has 1 heterocycles. The molecule has 7 heteroatoms. The largest absolute Gasteiger partial charge is 0.370 e. The number of carbonyl (C=O) groups is 2. The highest BCUT2D eigenvalue weighted by Crippen LogP contribution is 2.01. The van der Waals surface area contributed by atoms with E-state index in [1.807, 2.05) is 6.92 Å². The van der Waals surface area contributed by atoms with Gasteiger partial charge in [-0.1, -0.05) is 0 Å². The number of nitrogens with two attached hydrogens (primary N) is 1. The maximum atomic E-state index is 11.5. The fourth-order valence-electron chi connectivity index (χ4n) is 1.12. The van der Waals surface area contributed by atoms with Crippen LogP contribution < -0.4 is 16.4 Å². The lowest BCUT2D eigenvalue weighted by molar-refractivity contribution is -0.117. The third-order valence-electron chi connectivity index (χ3n) is 1.91. The molecule has 4 N–H and O–H groups in total. The first-order chi connectivity index (χ1) is 8.13. The molecular weight excluding hydrogens is 222 g/mol. The van der Waals surface area contributed by atoms with Crippen LogP contribution in [0.15, 0.2) is 12.1 Å². The minimum atomic E-state index is -0.459. The average molecular weight is 237 g/mol. The van der Waals surface area contributed by atoms with Crippen LogP contribution in [0.25, 0.3) is 0 Å². The van der Waals surface area contributed by atoms with Gasteiger partial charge in [0, 0.05) is 19.5 Å². The molecule has 0 aliphatic rings. The van der Waals surface area contributed by atoms with E-state index in [0.29, 0.717) is 5.82 Å². The zero-order valence-electron chi connectivity index (χ0n) is 9.56. The normalized spacial score (nSPS) is 9.71. The van der Waals surface area contributed by atoms with Crippen molar-refractivity contribution < 1.29 is 9.59 Å². The van der Waals surface area contributed by atoms with Gasteiger partial charge in [0.2, 0.25) is 5.91 Å². The summed E-state index contributed by atoms with van der Waals surface area (Å²) in [7, 11) is 0. The van der Waals surface area contributed by atoms with Crippen molar-refractivity contribution in [2.24, 2.45) is 5.73 Å². The molecule has 92 valence electrons. The van der Waals surface area contributed by atoms with Gasteiger partial charge in [-0.15, -0.1) is 10.2 Å². The Morgan fingerprint density at radius 1 is 1.35 bits per heavy atom. The summed E-state index contributed by atoms with van der Waals surface area (Å²) < 4.78 is 0. The summed E-state index contributed by atoms with van der Waals surface area (Å²) in [6.45, 7) is 2.87. The lowest BCUT2D eigenvalue weighted by Gasteiger charge is -2.04. The van der Waals surface area contributed by atoms with Gasteiger partial charge < -0.3 is 16.4 Å². The second-order valence-corrected chi connectivity index (χ2v) is 3.31. The SMILES string of the molecule is CCNc1ccc(C(=O)NCCC(N)=O)nn1. The number of carbonyl (C=O) groups excluding carboxylic acids is 2. The van der Waals surface area contributed by atoms with E-state index >= 15 is 0 Å². The smallest absolute Gasteiger partial charge is 0.271 e. The van der Waals surface area contributed by atoms with E-state index < -0.39 is 5.91 Å². The summed E-state index contributed by atoms with van der Waals surface area (Å²) in [6, 6.07) is 3.23. The van der Waals surface area contributed by atoms with Gasteiger partial charge >= 0.3 is 0 Å². The lowest BCUT2D eigenvalue weighted by Crippen LogP contribution is -2.28. The maximum Gasteiger partial charge on any atom is 0.271 e. The van der Waals surface area contributed by atoms with Crippen LogP contribution in [0, 0.1) is 0 Å². The molecule has 7 nitrogen and oxygen atoms in total. The summed E-state index contributed by atoms with van der Waals surface area (Å²) in [5.74, 6) is -0.220. The molecule has 1 aromatic rings. The quantitative estimate of drug-likeness (QED) is 0.618. The molecule has 0 aromatic carbocycles. The third kappa shape index (κ3) is 4.45. The molecule has 0 atom stereocenters. The summed E-state index contributed by atoms with van der Waals surface area (Å²) >= 11 is 0. The van der Waals surface area contributed by atoms with E-state index in [-0.39, 0.29) is 24.6 Å². The van der Waals surface area contributed by atoms with Crippen LogP contribution >= 0.6 is 0 Å². The average Bonchev–Trinajstić information content (AvgIpc) is 2.30. The van der Waals surface area contributed by atoms with Crippen LogP contribution in [0.3, 0.4) is 0 Å². The Hall–Kier alpha value is -2.18. The Balaban J connectivity index is 2.48. The Morgan fingerprint density at radius 2 is 2.12 bits per heavy atom. The first-order valence-corrected chi connectivity index (χ1v) is 5.27. The molecule has 0 saturated heterocycles. The number of primary amides is 1. The highest BCUT2D eigenvalue weighted by atomic mass is 16.2. The fourth-order valence-corrected chi connectivity index (χ4v) is 1.12. The van der Waals surface area contributed by atoms with Gasteiger partial charge in [-0.05, 0) is 19.1 Å². The van der Waals surface area contributed by atoms with E-state index in [4.69, 9.17) is 5.73 Å². The van der Waals surface area contributed by atoms with Crippen LogP contribution in [0.5, 0.6) is 0 Å². The van der Waals surface area contributed by atoms with Crippen LogP contribution in [0.1, 0.15) is 23.8 Å². The van der Waals surface area contributed by atoms with E-state index in [2.05, 4.69) is 20.8 Å². The monoisotopic (exact) mass is 237 g/mol. The number of hydrogen-bond donors (Lipinski definition) is 3. The molecule has 0 aliphatic heterocycles. The zero-order valence-corrected chi connectivity index (χ0v) is 9.56. The number of hydrogen-bond acceptors (Lipinski definition) is 5. The minimum absolute atomic E-state index is 0.106. The predicted octanol–water partition coefficient (Wildman–Crippen LogP) is -0.486. The standard InChI is InChI=1S/C10H15N5O2/c1-2-12-9-4-3-7(14-15-9)10(17)13-6-5-8(11)16/h3-4H,2,5-6H2,1H3,(H2,11,16)(H,12,15)(H,13,17). The van der Waals surface area contributed by atoms with E-state index in [9.17, 15) is 9.59 Å². The molecule has 17 heavy (non-hydrogen) atoms.